The first kappa shape index (κ1) is 18.0. The lowest BCUT2D eigenvalue weighted by molar-refractivity contribution is -0.384. The van der Waals surface area contributed by atoms with Gasteiger partial charge in [0.15, 0.2) is 5.96 Å². The van der Waals surface area contributed by atoms with Crippen LogP contribution in [0.3, 0.4) is 0 Å². The van der Waals surface area contributed by atoms with Crippen LogP contribution in [-0.4, -0.2) is 16.8 Å². The first-order valence-electron chi connectivity index (χ1n) is 6.92. The van der Waals surface area contributed by atoms with Gasteiger partial charge in [-0.2, -0.15) is 4.99 Å². The minimum atomic E-state index is -0.581. The molecule has 0 aliphatic rings. The number of nitro groups is 1. The van der Waals surface area contributed by atoms with E-state index in [-0.39, 0.29) is 29.0 Å². The molecule has 10 heteroatoms. The number of nitro benzene ring substituents is 1. The molecule has 6 N–H and O–H groups in total. The standard InChI is InChI=1S/C15H15ClN6O3/c1-8-3-2-4-12(16)13(8)25-11-6-9(5-10(7-11)22(23)24)20-15(19)21-14(17)18/h2-7H,1H3,(H6,17,18,19,20,21). The third kappa shape index (κ3) is 4.82. The molecule has 0 amide bonds. The highest BCUT2D eigenvalue weighted by Crippen LogP contribution is 2.36. The molecule has 0 unspecified atom stereocenters. The van der Waals surface area contributed by atoms with Crippen LogP contribution in [-0.2, 0) is 0 Å². The molecule has 2 rings (SSSR count). The highest BCUT2D eigenvalue weighted by molar-refractivity contribution is 6.32. The third-order valence-electron chi connectivity index (χ3n) is 2.96. The number of para-hydroxylation sites is 1. The topological polar surface area (TPSA) is 155 Å². The maximum atomic E-state index is 11.1. The summed E-state index contributed by atoms with van der Waals surface area (Å²) in [5.41, 5.74) is 16.7. The van der Waals surface area contributed by atoms with Crippen LogP contribution < -0.4 is 21.9 Å². The zero-order valence-electron chi connectivity index (χ0n) is 13.1. The second-order valence-corrected chi connectivity index (χ2v) is 5.34. The van der Waals surface area contributed by atoms with Crippen LogP contribution in [0.1, 0.15) is 5.56 Å². The van der Waals surface area contributed by atoms with Gasteiger partial charge in [-0.3, -0.25) is 10.1 Å². The van der Waals surface area contributed by atoms with Gasteiger partial charge in [0.2, 0.25) is 5.96 Å². The summed E-state index contributed by atoms with van der Waals surface area (Å²) in [4.78, 5) is 18.0. The van der Waals surface area contributed by atoms with E-state index < -0.39 is 4.92 Å². The maximum absolute atomic E-state index is 11.1. The summed E-state index contributed by atoms with van der Waals surface area (Å²) in [6.45, 7) is 1.80. The van der Waals surface area contributed by atoms with Gasteiger partial charge in [0, 0.05) is 12.1 Å². The molecule has 9 nitrogen and oxygen atoms in total. The SMILES string of the molecule is Cc1cccc(Cl)c1Oc1cc(N=C(N)N=C(N)N)cc([N+](=O)[O-])c1. The molecule has 0 heterocycles. The van der Waals surface area contributed by atoms with Crippen molar-refractivity contribution < 1.29 is 9.66 Å². The highest BCUT2D eigenvalue weighted by Gasteiger charge is 2.13. The first-order valence-corrected chi connectivity index (χ1v) is 7.30. The molecular formula is C15H15ClN6O3. The number of benzene rings is 2. The number of guanidine groups is 2. The van der Waals surface area contributed by atoms with Crippen molar-refractivity contribution in [2.75, 3.05) is 0 Å². The summed E-state index contributed by atoms with van der Waals surface area (Å²) in [5, 5.41) is 11.5. The van der Waals surface area contributed by atoms with Crippen molar-refractivity contribution in [3.05, 3.63) is 57.1 Å². The van der Waals surface area contributed by atoms with Crippen LogP contribution >= 0.6 is 11.6 Å². The molecule has 130 valence electrons. The normalized spacial score (nSPS) is 11.0. The number of aryl methyl sites for hydroxylation is 1. The third-order valence-corrected chi connectivity index (χ3v) is 3.26. The van der Waals surface area contributed by atoms with Gasteiger partial charge in [-0.25, -0.2) is 4.99 Å². The Labute approximate surface area is 147 Å². The van der Waals surface area contributed by atoms with E-state index in [4.69, 9.17) is 33.5 Å². The number of aliphatic imine (C=N–C) groups is 2. The van der Waals surface area contributed by atoms with Gasteiger partial charge in [-0.1, -0.05) is 23.7 Å². The zero-order chi connectivity index (χ0) is 18.6. The Morgan fingerprint density at radius 2 is 1.96 bits per heavy atom. The van der Waals surface area contributed by atoms with Crippen LogP contribution in [0, 0.1) is 17.0 Å². The summed E-state index contributed by atoms with van der Waals surface area (Å²) < 4.78 is 5.70. The monoisotopic (exact) mass is 362 g/mol. The molecule has 0 aliphatic carbocycles. The number of hydrogen-bond acceptors (Lipinski definition) is 4. The van der Waals surface area contributed by atoms with Crippen molar-refractivity contribution in [2.24, 2.45) is 27.2 Å². The molecule has 0 saturated carbocycles. The number of non-ortho nitro benzene ring substituents is 1. The van der Waals surface area contributed by atoms with E-state index >= 15 is 0 Å². The predicted molar refractivity (Wildman–Crippen MR) is 96.5 cm³/mol. The van der Waals surface area contributed by atoms with Crippen molar-refractivity contribution in [1.29, 1.82) is 0 Å². The maximum Gasteiger partial charge on any atom is 0.275 e. The second-order valence-electron chi connectivity index (χ2n) is 4.94. The smallest absolute Gasteiger partial charge is 0.275 e. The van der Waals surface area contributed by atoms with E-state index in [1.165, 1.54) is 18.2 Å². The van der Waals surface area contributed by atoms with E-state index in [1.54, 1.807) is 25.1 Å². The number of hydrogen-bond donors (Lipinski definition) is 3. The lowest BCUT2D eigenvalue weighted by atomic mass is 10.2. The fourth-order valence-corrected chi connectivity index (χ4v) is 2.21. The lowest BCUT2D eigenvalue weighted by Gasteiger charge is -2.11. The molecule has 0 saturated heterocycles. The van der Waals surface area contributed by atoms with Crippen molar-refractivity contribution in [2.45, 2.75) is 6.92 Å². The van der Waals surface area contributed by atoms with Gasteiger partial charge >= 0.3 is 0 Å². The van der Waals surface area contributed by atoms with Crippen molar-refractivity contribution >= 4 is 34.9 Å². The molecule has 0 atom stereocenters. The Morgan fingerprint density at radius 3 is 2.56 bits per heavy atom. The summed E-state index contributed by atoms with van der Waals surface area (Å²) in [5.74, 6) is 0.0219. The van der Waals surface area contributed by atoms with Gasteiger partial charge in [0.25, 0.3) is 5.69 Å². The molecule has 2 aromatic rings. The average molecular weight is 363 g/mol. The summed E-state index contributed by atoms with van der Waals surface area (Å²) in [6.07, 6.45) is 0. The largest absolute Gasteiger partial charge is 0.455 e. The van der Waals surface area contributed by atoms with Crippen LogP contribution in [0.5, 0.6) is 11.5 Å². The number of nitrogens with two attached hydrogens (primary N) is 3. The minimum absolute atomic E-state index is 0.149. The Morgan fingerprint density at radius 1 is 1.24 bits per heavy atom. The molecular weight excluding hydrogens is 348 g/mol. The van der Waals surface area contributed by atoms with Crippen LogP contribution in [0.25, 0.3) is 0 Å². The van der Waals surface area contributed by atoms with Gasteiger partial charge < -0.3 is 21.9 Å². The van der Waals surface area contributed by atoms with E-state index in [0.717, 1.165) is 5.56 Å². The molecule has 0 aromatic heterocycles. The Hall–Kier alpha value is -3.33. The molecule has 0 radical (unpaired) electrons. The highest BCUT2D eigenvalue weighted by atomic mass is 35.5. The number of halogens is 1. The van der Waals surface area contributed by atoms with Gasteiger partial charge in [-0.15, -0.1) is 0 Å². The summed E-state index contributed by atoms with van der Waals surface area (Å²) >= 11 is 6.11. The molecule has 0 aliphatic heterocycles. The Balaban J connectivity index is 2.48. The molecule has 25 heavy (non-hydrogen) atoms. The number of nitrogens with zero attached hydrogens (tertiary/aromatic N) is 3. The van der Waals surface area contributed by atoms with Gasteiger partial charge in [0.1, 0.15) is 11.5 Å². The van der Waals surface area contributed by atoms with E-state index in [0.29, 0.717) is 10.8 Å². The Kier molecular flexibility index (Phi) is 5.40. The fraction of sp³-hybridized carbons (Fsp3) is 0.0667. The van der Waals surface area contributed by atoms with E-state index in [2.05, 4.69) is 9.98 Å². The van der Waals surface area contributed by atoms with Gasteiger partial charge in [0.05, 0.1) is 21.7 Å². The van der Waals surface area contributed by atoms with E-state index in [9.17, 15) is 10.1 Å². The number of ether oxygens (including phenoxy) is 1. The number of rotatable bonds is 4. The van der Waals surface area contributed by atoms with E-state index in [1.807, 2.05) is 0 Å². The predicted octanol–water partition coefficient (Wildman–Crippen LogP) is 2.57. The Bertz CT molecular complexity index is 857. The van der Waals surface area contributed by atoms with Crippen molar-refractivity contribution in [1.82, 2.24) is 0 Å². The lowest BCUT2D eigenvalue weighted by Crippen LogP contribution is -2.26. The quantitative estimate of drug-likeness (QED) is 0.328. The fourth-order valence-electron chi connectivity index (χ4n) is 1.95. The molecule has 2 aromatic carbocycles. The van der Waals surface area contributed by atoms with Crippen LogP contribution in [0.4, 0.5) is 11.4 Å². The zero-order valence-corrected chi connectivity index (χ0v) is 13.9. The van der Waals surface area contributed by atoms with Crippen LogP contribution in [0.2, 0.25) is 5.02 Å². The minimum Gasteiger partial charge on any atom is -0.455 e. The summed E-state index contributed by atoms with van der Waals surface area (Å²) in [6, 6.07) is 9.12. The second kappa shape index (κ2) is 7.49. The van der Waals surface area contributed by atoms with Crippen LogP contribution in [0.15, 0.2) is 46.4 Å². The van der Waals surface area contributed by atoms with Crippen molar-refractivity contribution in [3.63, 3.8) is 0 Å². The van der Waals surface area contributed by atoms with Gasteiger partial charge in [-0.05, 0) is 18.6 Å². The van der Waals surface area contributed by atoms with Crippen molar-refractivity contribution in [3.8, 4) is 11.5 Å². The molecule has 0 fully saturated rings. The molecule has 0 bridgehead atoms. The first-order chi connectivity index (χ1) is 11.8. The average Bonchev–Trinajstić information content (AvgIpc) is 2.50. The summed E-state index contributed by atoms with van der Waals surface area (Å²) in [7, 11) is 0. The molecule has 0 spiro atoms.